The molecule has 0 radical (unpaired) electrons. The molecule has 1 aromatic heterocycles. The minimum absolute atomic E-state index is 0.0966. The van der Waals surface area contributed by atoms with Crippen molar-refractivity contribution in [1.29, 1.82) is 0 Å². The van der Waals surface area contributed by atoms with Gasteiger partial charge in [-0.1, -0.05) is 29.4 Å². The molecule has 2 saturated heterocycles. The maximum absolute atomic E-state index is 13.2. The van der Waals surface area contributed by atoms with Crippen molar-refractivity contribution in [2.24, 2.45) is 5.92 Å². The standard InChI is InChI=1S/C26H30N4O3/c1-19-5-2-3-7-23(19)25-27-24(33-28-25)17-20-6-4-12-30(18-20)26(31)21-8-10-22(11-9-21)29-13-15-32-16-14-29/h2-3,5,7-11,20H,4,6,12-18H2,1H3. The van der Waals surface area contributed by atoms with Crippen LogP contribution in [0.2, 0.25) is 0 Å². The average molecular weight is 447 g/mol. The third-order valence-corrected chi connectivity index (χ3v) is 6.61. The van der Waals surface area contributed by atoms with E-state index in [0.717, 1.165) is 68.1 Å². The van der Waals surface area contributed by atoms with Gasteiger partial charge in [0, 0.05) is 49.4 Å². The van der Waals surface area contributed by atoms with Crippen LogP contribution in [0.1, 0.15) is 34.7 Å². The number of carbonyl (C=O) groups excluding carboxylic acids is 1. The van der Waals surface area contributed by atoms with Crippen LogP contribution in [0.15, 0.2) is 53.1 Å². The normalized spacial score (nSPS) is 19.0. The first-order valence-electron chi connectivity index (χ1n) is 11.8. The predicted molar refractivity (Wildman–Crippen MR) is 126 cm³/mol. The molecule has 2 fully saturated rings. The van der Waals surface area contributed by atoms with Gasteiger partial charge in [0.2, 0.25) is 11.7 Å². The molecule has 7 nitrogen and oxygen atoms in total. The topological polar surface area (TPSA) is 71.7 Å². The molecule has 0 aliphatic carbocycles. The van der Waals surface area contributed by atoms with E-state index < -0.39 is 0 Å². The Hall–Kier alpha value is -3.19. The van der Waals surface area contributed by atoms with Gasteiger partial charge >= 0.3 is 0 Å². The van der Waals surface area contributed by atoms with Gasteiger partial charge in [0.05, 0.1) is 13.2 Å². The third kappa shape index (κ3) is 4.93. The molecule has 7 heteroatoms. The van der Waals surface area contributed by atoms with Crippen molar-refractivity contribution in [3.63, 3.8) is 0 Å². The second kappa shape index (κ2) is 9.75. The molecule has 1 atom stereocenters. The lowest BCUT2D eigenvalue weighted by atomic mass is 9.94. The van der Waals surface area contributed by atoms with E-state index in [2.05, 4.69) is 15.0 Å². The number of aryl methyl sites for hydroxylation is 1. The van der Waals surface area contributed by atoms with Gasteiger partial charge in [-0.05, 0) is 55.5 Å². The molecule has 3 aromatic rings. The van der Waals surface area contributed by atoms with E-state index in [1.54, 1.807) is 0 Å². The molecule has 2 aromatic carbocycles. The molecular weight excluding hydrogens is 416 g/mol. The fourth-order valence-electron chi connectivity index (χ4n) is 4.75. The fraction of sp³-hybridized carbons (Fsp3) is 0.423. The number of amides is 1. The zero-order chi connectivity index (χ0) is 22.6. The van der Waals surface area contributed by atoms with E-state index in [4.69, 9.17) is 9.26 Å². The van der Waals surface area contributed by atoms with E-state index in [-0.39, 0.29) is 5.91 Å². The number of piperidine rings is 1. The summed E-state index contributed by atoms with van der Waals surface area (Å²) in [6, 6.07) is 16.0. The number of carbonyl (C=O) groups is 1. The summed E-state index contributed by atoms with van der Waals surface area (Å²) in [5.74, 6) is 1.69. The number of benzene rings is 2. The lowest BCUT2D eigenvalue weighted by Gasteiger charge is -2.32. The second-order valence-corrected chi connectivity index (χ2v) is 8.94. The molecule has 1 amide bonds. The third-order valence-electron chi connectivity index (χ3n) is 6.61. The first kappa shape index (κ1) is 21.6. The quantitative estimate of drug-likeness (QED) is 0.590. The molecule has 0 spiro atoms. The van der Waals surface area contributed by atoms with Gasteiger partial charge in [-0.3, -0.25) is 4.79 Å². The molecule has 172 valence electrons. The molecule has 0 N–H and O–H groups in total. The molecule has 33 heavy (non-hydrogen) atoms. The van der Waals surface area contributed by atoms with Crippen LogP contribution in [0.4, 0.5) is 5.69 Å². The molecule has 5 rings (SSSR count). The van der Waals surface area contributed by atoms with E-state index in [9.17, 15) is 4.79 Å². The Morgan fingerprint density at radius 2 is 1.85 bits per heavy atom. The molecule has 2 aliphatic heterocycles. The van der Waals surface area contributed by atoms with Crippen LogP contribution in [0.25, 0.3) is 11.4 Å². The number of aromatic nitrogens is 2. The zero-order valence-electron chi connectivity index (χ0n) is 19.1. The number of hydrogen-bond acceptors (Lipinski definition) is 6. The van der Waals surface area contributed by atoms with Crippen LogP contribution in [-0.2, 0) is 11.2 Å². The number of nitrogens with zero attached hydrogens (tertiary/aromatic N) is 4. The average Bonchev–Trinajstić information content (AvgIpc) is 3.33. The van der Waals surface area contributed by atoms with E-state index in [1.807, 2.05) is 60.4 Å². The Morgan fingerprint density at radius 3 is 2.64 bits per heavy atom. The summed E-state index contributed by atoms with van der Waals surface area (Å²) in [6.07, 6.45) is 2.74. The monoisotopic (exact) mass is 446 g/mol. The summed E-state index contributed by atoms with van der Waals surface area (Å²) in [4.78, 5) is 22.0. The van der Waals surface area contributed by atoms with Gasteiger partial charge in [0.1, 0.15) is 0 Å². The first-order valence-corrected chi connectivity index (χ1v) is 11.8. The van der Waals surface area contributed by atoms with Crippen LogP contribution < -0.4 is 4.90 Å². The van der Waals surface area contributed by atoms with Crippen LogP contribution >= 0.6 is 0 Å². The van der Waals surface area contributed by atoms with Gasteiger partial charge < -0.3 is 19.1 Å². The first-order chi connectivity index (χ1) is 16.2. The maximum Gasteiger partial charge on any atom is 0.253 e. The molecule has 1 unspecified atom stereocenters. The van der Waals surface area contributed by atoms with Gasteiger partial charge in [-0.15, -0.1) is 0 Å². The highest BCUT2D eigenvalue weighted by Gasteiger charge is 2.26. The molecule has 0 saturated carbocycles. The lowest BCUT2D eigenvalue weighted by molar-refractivity contribution is 0.0668. The molecular formula is C26H30N4O3. The summed E-state index contributed by atoms with van der Waals surface area (Å²) < 4.78 is 11.0. The van der Waals surface area contributed by atoms with Crippen molar-refractivity contribution in [3.05, 3.63) is 65.5 Å². The summed E-state index contributed by atoms with van der Waals surface area (Å²) in [5.41, 5.74) is 4.01. The van der Waals surface area contributed by atoms with Crippen LogP contribution in [0.3, 0.4) is 0 Å². The van der Waals surface area contributed by atoms with Crippen molar-refractivity contribution >= 4 is 11.6 Å². The Bertz CT molecular complexity index is 1090. The van der Waals surface area contributed by atoms with Gasteiger partial charge in [0.15, 0.2) is 0 Å². The summed E-state index contributed by atoms with van der Waals surface area (Å²) >= 11 is 0. The molecule has 3 heterocycles. The number of anilines is 1. The minimum atomic E-state index is 0.0966. The number of rotatable bonds is 5. The van der Waals surface area contributed by atoms with Crippen LogP contribution in [-0.4, -0.2) is 60.3 Å². The number of likely N-dealkylation sites (tertiary alicyclic amines) is 1. The number of hydrogen-bond donors (Lipinski definition) is 0. The van der Waals surface area contributed by atoms with E-state index in [0.29, 0.717) is 30.6 Å². The highest BCUT2D eigenvalue weighted by atomic mass is 16.5. The fourth-order valence-corrected chi connectivity index (χ4v) is 4.75. The smallest absolute Gasteiger partial charge is 0.253 e. The Balaban J connectivity index is 1.21. The SMILES string of the molecule is Cc1ccccc1-c1noc(CC2CCCN(C(=O)c3ccc(N4CCOCC4)cc3)C2)n1. The van der Waals surface area contributed by atoms with Crippen molar-refractivity contribution in [2.75, 3.05) is 44.3 Å². The minimum Gasteiger partial charge on any atom is -0.378 e. The summed E-state index contributed by atoms with van der Waals surface area (Å²) in [6.45, 7) is 6.84. The van der Waals surface area contributed by atoms with Gasteiger partial charge in [-0.2, -0.15) is 4.98 Å². The maximum atomic E-state index is 13.2. The van der Waals surface area contributed by atoms with E-state index in [1.165, 1.54) is 0 Å². The van der Waals surface area contributed by atoms with Crippen molar-refractivity contribution in [3.8, 4) is 11.4 Å². The zero-order valence-corrected chi connectivity index (χ0v) is 19.1. The largest absolute Gasteiger partial charge is 0.378 e. The van der Waals surface area contributed by atoms with Crippen LogP contribution in [0.5, 0.6) is 0 Å². The highest BCUT2D eigenvalue weighted by Crippen LogP contribution is 2.25. The summed E-state index contributed by atoms with van der Waals surface area (Å²) in [7, 11) is 0. The molecule has 0 bridgehead atoms. The Kier molecular flexibility index (Phi) is 6.39. The Labute approximate surface area is 194 Å². The Morgan fingerprint density at radius 1 is 1.06 bits per heavy atom. The highest BCUT2D eigenvalue weighted by molar-refractivity contribution is 5.94. The van der Waals surface area contributed by atoms with E-state index >= 15 is 0 Å². The van der Waals surface area contributed by atoms with Gasteiger partial charge in [-0.25, -0.2) is 0 Å². The van der Waals surface area contributed by atoms with Crippen molar-refractivity contribution in [2.45, 2.75) is 26.2 Å². The number of morpholine rings is 1. The molecule has 2 aliphatic rings. The predicted octanol–water partition coefficient (Wildman–Crippen LogP) is 3.98. The number of ether oxygens (including phenoxy) is 1. The second-order valence-electron chi connectivity index (χ2n) is 8.94. The lowest BCUT2D eigenvalue weighted by Crippen LogP contribution is -2.40. The van der Waals surface area contributed by atoms with Crippen molar-refractivity contribution < 1.29 is 14.1 Å². The van der Waals surface area contributed by atoms with Crippen molar-refractivity contribution in [1.82, 2.24) is 15.0 Å². The van der Waals surface area contributed by atoms with Gasteiger partial charge in [0.25, 0.3) is 5.91 Å². The van der Waals surface area contributed by atoms with Crippen LogP contribution in [0, 0.1) is 12.8 Å². The summed E-state index contributed by atoms with van der Waals surface area (Å²) in [5, 5.41) is 4.18.